The Morgan fingerprint density at radius 3 is 2.64 bits per heavy atom. The van der Waals surface area contributed by atoms with Crippen molar-refractivity contribution in [3.63, 3.8) is 0 Å². The van der Waals surface area contributed by atoms with Crippen molar-refractivity contribution in [1.82, 2.24) is 19.4 Å². The molecule has 4 aromatic rings. The lowest BCUT2D eigenvalue weighted by Crippen LogP contribution is -2.39. The van der Waals surface area contributed by atoms with E-state index in [4.69, 9.17) is 30.8 Å². The van der Waals surface area contributed by atoms with Crippen molar-refractivity contribution in [2.45, 2.75) is 57.1 Å². The first-order valence-corrected chi connectivity index (χ1v) is 15.5. The molecule has 1 aliphatic carbocycles. The van der Waals surface area contributed by atoms with Crippen LogP contribution in [0.2, 0.25) is 5.02 Å². The summed E-state index contributed by atoms with van der Waals surface area (Å²) in [6, 6.07) is 15.8. The number of aliphatic carboxylic acids is 1. The molecule has 0 radical (unpaired) electrons. The SMILES string of the molecule is O=C(O)C1C#CC1c1ccc2nc(CN3CCC(Oc4cccc(COc5ccc(Cl)cc5F)n4)CC3)n(C[C@@H]3CCO3)c2c1. The number of fused-ring (bicyclic) bond motifs is 1. The molecule has 2 unspecified atom stereocenters. The molecule has 1 N–H and O–H groups in total. The Labute approximate surface area is 264 Å². The van der Waals surface area contributed by atoms with E-state index in [1.165, 1.54) is 12.1 Å². The quantitative estimate of drug-likeness (QED) is 0.219. The van der Waals surface area contributed by atoms with Crippen molar-refractivity contribution >= 4 is 28.6 Å². The molecule has 0 saturated carbocycles. The number of carboxylic acids is 1. The zero-order valence-electron chi connectivity index (χ0n) is 24.5. The number of aromatic nitrogens is 3. The normalized spacial score (nSPS) is 21.4. The molecule has 2 fully saturated rings. The number of hydrogen-bond acceptors (Lipinski definition) is 7. The minimum atomic E-state index is -0.883. The maximum absolute atomic E-state index is 14.1. The fourth-order valence-corrected chi connectivity index (χ4v) is 6.13. The van der Waals surface area contributed by atoms with Crippen molar-refractivity contribution in [3.8, 4) is 23.5 Å². The summed E-state index contributed by atoms with van der Waals surface area (Å²) in [6.07, 6.45) is 2.86. The van der Waals surface area contributed by atoms with Crippen molar-refractivity contribution in [1.29, 1.82) is 0 Å². The molecule has 2 saturated heterocycles. The Hall–Kier alpha value is -4.17. The van der Waals surface area contributed by atoms with Gasteiger partial charge in [0.2, 0.25) is 5.88 Å². The Balaban J connectivity index is 0.983. The smallest absolute Gasteiger partial charge is 0.320 e. The number of imidazole rings is 1. The highest BCUT2D eigenvalue weighted by Crippen LogP contribution is 2.33. The number of likely N-dealkylation sites (tertiary alicyclic amines) is 1. The summed E-state index contributed by atoms with van der Waals surface area (Å²) in [7, 11) is 0. The van der Waals surface area contributed by atoms with Crippen molar-refractivity contribution in [2.24, 2.45) is 5.92 Å². The Kier molecular flexibility index (Phi) is 8.32. The highest BCUT2D eigenvalue weighted by atomic mass is 35.5. The highest BCUT2D eigenvalue weighted by molar-refractivity contribution is 6.30. The van der Waals surface area contributed by atoms with Gasteiger partial charge in [0, 0.05) is 30.8 Å². The molecule has 2 aromatic heterocycles. The van der Waals surface area contributed by atoms with E-state index in [9.17, 15) is 14.3 Å². The summed E-state index contributed by atoms with van der Waals surface area (Å²) < 4.78 is 33.9. The van der Waals surface area contributed by atoms with E-state index in [-0.39, 0.29) is 30.5 Å². The molecule has 11 heteroatoms. The molecule has 9 nitrogen and oxygen atoms in total. The van der Waals surface area contributed by atoms with Crippen LogP contribution in [0.1, 0.15) is 42.3 Å². The monoisotopic (exact) mass is 630 g/mol. The summed E-state index contributed by atoms with van der Waals surface area (Å²) in [5.41, 5.74) is 3.43. The van der Waals surface area contributed by atoms with Crippen LogP contribution in [0.3, 0.4) is 0 Å². The third-order valence-corrected chi connectivity index (χ3v) is 8.86. The van der Waals surface area contributed by atoms with Gasteiger partial charge < -0.3 is 23.9 Å². The van der Waals surface area contributed by atoms with Crippen LogP contribution in [-0.2, 0) is 29.2 Å². The Bertz CT molecular complexity index is 1790. The molecule has 7 rings (SSSR count). The predicted octanol–water partition coefficient (Wildman–Crippen LogP) is 5.44. The third-order valence-electron chi connectivity index (χ3n) is 8.62. The van der Waals surface area contributed by atoms with Gasteiger partial charge in [-0.05, 0) is 61.2 Å². The average Bonchev–Trinajstić information content (AvgIpc) is 3.31. The topological polar surface area (TPSA) is 98.9 Å². The third kappa shape index (κ3) is 6.47. The van der Waals surface area contributed by atoms with Crippen LogP contribution in [-0.4, -0.2) is 62.4 Å². The van der Waals surface area contributed by atoms with Crippen LogP contribution >= 0.6 is 11.6 Å². The molecule has 4 heterocycles. The van der Waals surface area contributed by atoms with E-state index in [1.807, 2.05) is 30.3 Å². The number of carbonyl (C=O) groups is 1. The standard InChI is InChI=1S/C34H32ClFN4O5/c35-22-5-9-31(28(36)17-22)44-20-23-2-1-3-33(37-23)45-24-10-13-39(14-11-24)19-32-38-29-8-4-21(26-6-7-27(26)34(41)42)16-30(29)40(32)18-25-12-15-43-25/h1-5,8-9,16-17,24-27H,10-15,18-20H2,(H,41,42)/t25-,26?,27?/m0/s1. The fraction of sp³-hybridized carbons (Fsp3) is 0.382. The molecular weight excluding hydrogens is 599 g/mol. The van der Waals surface area contributed by atoms with Gasteiger partial charge in [-0.1, -0.05) is 35.6 Å². The number of nitrogens with zero attached hydrogens (tertiary/aromatic N) is 4. The Morgan fingerprint density at radius 1 is 1.09 bits per heavy atom. The van der Waals surface area contributed by atoms with Gasteiger partial charge in [-0.2, -0.15) is 0 Å². The highest BCUT2D eigenvalue weighted by Gasteiger charge is 2.33. The van der Waals surface area contributed by atoms with Crippen LogP contribution in [0.25, 0.3) is 11.0 Å². The molecule has 2 aromatic carbocycles. The van der Waals surface area contributed by atoms with Gasteiger partial charge >= 0.3 is 5.97 Å². The lowest BCUT2D eigenvalue weighted by Gasteiger charge is -2.32. The largest absolute Gasteiger partial charge is 0.484 e. The van der Waals surface area contributed by atoms with Crippen LogP contribution in [0.5, 0.6) is 11.6 Å². The van der Waals surface area contributed by atoms with Crippen molar-refractivity contribution in [3.05, 3.63) is 82.5 Å². The first-order chi connectivity index (χ1) is 21.9. The van der Waals surface area contributed by atoms with Crippen LogP contribution in [0.15, 0.2) is 54.6 Å². The molecule has 0 bridgehead atoms. The van der Waals surface area contributed by atoms with Gasteiger partial charge in [-0.15, -0.1) is 0 Å². The summed E-state index contributed by atoms with van der Waals surface area (Å²) in [5.74, 6) is 5.03. The number of rotatable bonds is 11. The van der Waals surface area contributed by atoms with Crippen molar-refractivity contribution in [2.75, 3.05) is 19.7 Å². The summed E-state index contributed by atoms with van der Waals surface area (Å²) >= 11 is 5.82. The number of hydrogen-bond donors (Lipinski definition) is 1. The minimum Gasteiger partial charge on any atom is -0.484 e. The van der Waals surface area contributed by atoms with Crippen LogP contribution in [0, 0.1) is 23.6 Å². The number of piperidine rings is 1. The predicted molar refractivity (Wildman–Crippen MR) is 165 cm³/mol. The second-order valence-electron chi connectivity index (χ2n) is 11.7. The van der Waals surface area contributed by atoms with Crippen LogP contribution < -0.4 is 9.47 Å². The molecule has 0 amide bonds. The number of ether oxygens (including phenoxy) is 3. The molecule has 45 heavy (non-hydrogen) atoms. The van der Waals surface area contributed by atoms with E-state index in [0.717, 1.165) is 61.4 Å². The van der Waals surface area contributed by atoms with E-state index in [2.05, 4.69) is 32.4 Å². The molecule has 232 valence electrons. The molecule has 3 aliphatic rings. The lowest BCUT2D eigenvalue weighted by molar-refractivity contribution is -0.140. The van der Waals surface area contributed by atoms with Crippen LogP contribution in [0.4, 0.5) is 4.39 Å². The molecule has 0 spiro atoms. The average molecular weight is 631 g/mol. The van der Waals surface area contributed by atoms with Gasteiger partial charge in [-0.25, -0.2) is 14.4 Å². The lowest BCUT2D eigenvalue weighted by atomic mass is 9.80. The number of pyridine rings is 1. The molecular formula is C34H32ClFN4O5. The zero-order valence-corrected chi connectivity index (χ0v) is 25.3. The maximum Gasteiger partial charge on any atom is 0.320 e. The van der Waals surface area contributed by atoms with Gasteiger partial charge in [0.15, 0.2) is 11.6 Å². The van der Waals surface area contributed by atoms with Gasteiger partial charge in [-0.3, -0.25) is 9.69 Å². The Morgan fingerprint density at radius 2 is 1.93 bits per heavy atom. The number of benzene rings is 2. The summed E-state index contributed by atoms with van der Waals surface area (Å²) in [5, 5.41) is 9.81. The van der Waals surface area contributed by atoms with E-state index < -0.39 is 17.7 Å². The molecule has 2 aliphatic heterocycles. The van der Waals surface area contributed by atoms with E-state index >= 15 is 0 Å². The second kappa shape index (κ2) is 12.7. The van der Waals surface area contributed by atoms with Gasteiger partial charge in [0.1, 0.15) is 24.5 Å². The number of halogens is 2. The second-order valence-corrected chi connectivity index (χ2v) is 12.1. The maximum atomic E-state index is 14.1. The number of carboxylic acid groups (broad SMARTS) is 1. The first kappa shape index (κ1) is 29.5. The van der Waals surface area contributed by atoms with Crippen molar-refractivity contribution < 1.29 is 28.5 Å². The van der Waals surface area contributed by atoms with E-state index in [1.54, 1.807) is 6.07 Å². The molecule has 3 atom stereocenters. The fourth-order valence-electron chi connectivity index (χ4n) is 5.97. The summed E-state index contributed by atoms with van der Waals surface area (Å²) in [4.78, 5) is 23.5. The summed E-state index contributed by atoms with van der Waals surface area (Å²) in [6.45, 7) is 3.97. The first-order valence-electron chi connectivity index (χ1n) is 15.2. The van der Waals surface area contributed by atoms with Gasteiger partial charge in [0.05, 0.1) is 41.8 Å². The van der Waals surface area contributed by atoms with Gasteiger partial charge in [0.25, 0.3) is 0 Å². The zero-order chi connectivity index (χ0) is 30.9. The minimum absolute atomic E-state index is 0.0224. The van der Waals surface area contributed by atoms with E-state index in [0.29, 0.717) is 29.7 Å².